The van der Waals surface area contributed by atoms with E-state index in [0.717, 1.165) is 0 Å². The van der Waals surface area contributed by atoms with Crippen LogP contribution < -0.4 is 15.7 Å². The highest BCUT2D eigenvalue weighted by molar-refractivity contribution is 5.99. The Morgan fingerprint density at radius 2 is 1.87 bits per heavy atom. The van der Waals surface area contributed by atoms with Crippen LogP contribution >= 0.6 is 0 Å². The first-order chi connectivity index (χ1) is 17.6. The van der Waals surface area contributed by atoms with Crippen LogP contribution in [0.25, 0.3) is 11.0 Å². The molecule has 210 valence electrons. The van der Waals surface area contributed by atoms with Gasteiger partial charge in [-0.1, -0.05) is 0 Å². The van der Waals surface area contributed by atoms with Crippen LogP contribution in [0.2, 0.25) is 0 Å². The van der Waals surface area contributed by atoms with E-state index in [9.17, 15) is 24.6 Å². The molecular formula is C26H35NO11. The Labute approximate surface area is 219 Å². The van der Waals surface area contributed by atoms with Gasteiger partial charge in [-0.05, 0) is 60.6 Å². The van der Waals surface area contributed by atoms with Crippen molar-refractivity contribution in [2.45, 2.75) is 84.2 Å². The third-order valence-electron chi connectivity index (χ3n) is 5.96. The number of rotatable bonds is 6. The van der Waals surface area contributed by atoms with E-state index in [-0.39, 0.29) is 28.9 Å². The van der Waals surface area contributed by atoms with Gasteiger partial charge < -0.3 is 43.6 Å². The fourth-order valence-electron chi connectivity index (χ4n) is 4.27. The maximum atomic E-state index is 12.5. The third-order valence-corrected chi connectivity index (χ3v) is 5.96. The van der Waals surface area contributed by atoms with Crippen LogP contribution in [-0.4, -0.2) is 71.7 Å². The summed E-state index contributed by atoms with van der Waals surface area (Å²) < 4.78 is 33.2. The first-order valence-corrected chi connectivity index (χ1v) is 12.1. The topological polar surface area (TPSA) is 163 Å². The normalized spacial score (nSPS) is 23.1. The molecule has 12 nitrogen and oxygen atoms in total. The van der Waals surface area contributed by atoms with Gasteiger partial charge in [0, 0.05) is 18.2 Å². The second kappa shape index (κ2) is 10.8. The molecule has 1 aromatic heterocycles. The van der Waals surface area contributed by atoms with Crippen LogP contribution in [-0.2, 0) is 18.9 Å². The Balaban J connectivity index is 1.96. The number of aryl methyl sites for hydroxylation is 1. The number of aliphatic hydroxyl groups is 1. The van der Waals surface area contributed by atoms with E-state index in [1.807, 2.05) is 0 Å². The van der Waals surface area contributed by atoms with Crippen molar-refractivity contribution in [1.29, 1.82) is 0 Å². The summed E-state index contributed by atoms with van der Waals surface area (Å²) in [6, 6.07) is 2.85. The fourth-order valence-corrected chi connectivity index (χ4v) is 4.27. The monoisotopic (exact) mass is 537 g/mol. The standard InChI is InChI=1S/C26H35NO11/c1-9-34-21(30)15-16(28)13-10-11-14(12(2)18(13)36-22(15)31)35-23-17(29)19(20(33-8)26(6,7)38-23)37-24(32)27-25(3,4)5/h10-11,17,19-20,23,28-29H,9H2,1-8H3,(H,27,32)/t17-,19-,20-,23-/m1/s1. The molecule has 2 aromatic rings. The van der Waals surface area contributed by atoms with Gasteiger partial charge in [-0.25, -0.2) is 14.4 Å². The van der Waals surface area contributed by atoms with Gasteiger partial charge in [0.15, 0.2) is 17.8 Å². The van der Waals surface area contributed by atoms with Gasteiger partial charge in [0.05, 0.1) is 17.6 Å². The zero-order valence-electron chi connectivity index (χ0n) is 22.7. The number of aromatic hydroxyl groups is 1. The molecule has 1 amide bonds. The molecule has 1 aliphatic rings. The summed E-state index contributed by atoms with van der Waals surface area (Å²) in [5, 5.41) is 24.5. The van der Waals surface area contributed by atoms with Crippen molar-refractivity contribution in [2.24, 2.45) is 0 Å². The van der Waals surface area contributed by atoms with Crippen molar-refractivity contribution in [3.63, 3.8) is 0 Å². The Morgan fingerprint density at radius 3 is 2.45 bits per heavy atom. The van der Waals surface area contributed by atoms with Crippen molar-refractivity contribution in [1.82, 2.24) is 5.32 Å². The minimum absolute atomic E-state index is 0.00806. The second-order valence-corrected chi connectivity index (χ2v) is 10.5. The lowest BCUT2D eigenvalue weighted by Crippen LogP contribution is -2.65. The lowest BCUT2D eigenvalue weighted by molar-refractivity contribution is -0.305. The van der Waals surface area contributed by atoms with Crippen LogP contribution in [0.15, 0.2) is 21.3 Å². The smallest absolute Gasteiger partial charge is 0.408 e. The van der Waals surface area contributed by atoms with E-state index >= 15 is 0 Å². The molecule has 3 rings (SSSR count). The molecule has 0 radical (unpaired) electrons. The van der Waals surface area contributed by atoms with Crippen molar-refractivity contribution >= 4 is 23.0 Å². The molecule has 0 spiro atoms. The molecule has 0 bridgehead atoms. The van der Waals surface area contributed by atoms with Crippen molar-refractivity contribution in [3.8, 4) is 11.5 Å². The van der Waals surface area contributed by atoms with E-state index < -0.39 is 64.7 Å². The van der Waals surface area contributed by atoms with Gasteiger partial charge in [0.25, 0.3) is 0 Å². The van der Waals surface area contributed by atoms with Crippen molar-refractivity contribution < 1.29 is 47.9 Å². The quantitative estimate of drug-likeness (QED) is 0.367. The van der Waals surface area contributed by atoms with Gasteiger partial charge in [0.2, 0.25) is 6.29 Å². The Kier molecular flexibility index (Phi) is 8.30. The van der Waals surface area contributed by atoms with Crippen LogP contribution in [0, 0.1) is 6.92 Å². The highest BCUT2D eigenvalue weighted by Crippen LogP contribution is 2.37. The number of methoxy groups -OCH3 is 1. The van der Waals surface area contributed by atoms with Gasteiger partial charge in [-0.3, -0.25) is 0 Å². The molecular weight excluding hydrogens is 502 g/mol. The minimum atomic E-state index is -1.47. The van der Waals surface area contributed by atoms with E-state index in [1.165, 1.54) is 19.2 Å². The molecule has 12 heteroatoms. The summed E-state index contributed by atoms with van der Waals surface area (Å²) in [7, 11) is 1.41. The number of nitrogens with one attached hydrogen (secondary N) is 1. The van der Waals surface area contributed by atoms with Crippen LogP contribution in [0.4, 0.5) is 4.79 Å². The van der Waals surface area contributed by atoms with E-state index in [0.29, 0.717) is 0 Å². The number of aliphatic hydroxyl groups excluding tert-OH is 1. The number of benzene rings is 1. The third kappa shape index (κ3) is 5.87. The predicted octanol–water partition coefficient (Wildman–Crippen LogP) is 2.77. The largest absolute Gasteiger partial charge is 0.506 e. The molecule has 38 heavy (non-hydrogen) atoms. The molecule has 2 heterocycles. The van der Waals surface area contributed by atoms with Gasteiger partial charge in [-0.15, -0.1) is 0 Å². The summed E-state index contributed by atoms with van der Waals surface area (Å²) in [5.41, 5.74) is -3.07. The summed E-state index contributed by atoms with van der Waals surface area (Å²) in [6.45, 7) is 11.9. The molecule has 0 aliphatic carbocycles. The Hall–Kier alpha value is -3.35. The summed E-state index contributed by atoms with van der Waals surface area (Å²) in [6.07, 6.45) is -5.54. The van der Waals surface area contributed by atoms with Gasteiger partial charge in [0.1, 0.15) is 23.2 Å². The molecule has 0 unspecified atom stereocenters. The van der Waals surface area contributed by atoms with E-state index in [1.54, 1.807) is 48.5 Å². The molecule has 1 aliphatic heterocycles. The number of ether oxygens (including phenoxy) is 5. The lowest BCUT2D eigenvalue weighted by Gasteiger charge is -2.47. The molecule has 4 atom stereocenters. The first kappa shape index (κ1) is 29.2. The van der Waals surface area contributed by atoms with Crippen LogP contribution in [0.3, 0.4) is 0 Å². The van der Waals surface area contributed by atoms with Crippen LogP contribution in [0.5, 0.6) is 11.5 Å². The van der Waals surface area contributed by atoms with Gasteiger partial charge in [-0.2, -0.15) is 0 Å². The van der Waals surface area contributed by atoms with Crippen LogP contribution in [0.1, 0.15) is 57.5 Å². The summed E-state index contributed by atoms with van der Waals surface area (Å²) in [4.78, 5) is 37.1. The minimum Gasteiger partial charge on any atom is -0.506 e. The zero-order valence-corrected chi connectivity index (χ0v) is 22.7. The van der Waals surface area contributed by atoms with E-state index in [4.69, 9.17) is 28.1 Å². The number of carbonyl (C=O) groups excluding carboxylic acids is 2. The lowest BCUT2D eigenvalue weighted by atomic mass is 9.89. The highest BCUT2D eigenvalue weighted by Gasteiger charge is 2.53. The number of alkyl carbamates (subject to hydrolysis) is 1. The molecule has 1 fully saturated rings. The number of carbonyl (C=O) groups is 2. The Morgan fingerprint density at radius 1 is 1.21 bits per heavy atom. The maximum absolute atomic E-state index is 12.5. The molecule has 3 N–H and O–H groups in total. The second-order valence-electron chi connectivity index (χ2n) is 10.5. The SMILES string of the molecule is CCOC(=O)c1c(O)c2ccc(O[C@@H]3OC(C)(C)[C@H](OC)[C@H](OC(=O)NC(C)(C)C)[C@H]3O)c(C)c2oc1=O. The average Bonchev–Trinajstić information content (AvgIpc) is 2.78. The van der Waals surface area contributed by atoms with Gasteiger partial charge >= 0.3 is 17.7 Å². The van der Waals surface area contributed by atoms with Crippen molar-refractivity contribution in [3.05, 3.63) is 33.7 Å². The summed E-state index contributed by atoms with van der Waals surface area (Å²) >= 11 is 0. The predicted molar refractivity (Wildman–Crippen MR) is 134 cm³/mol. The summed E-state index contributed by atoms with van der Waals surface area (Å²) in [5.74, 6) is -1.44. The van der Waals surface area contributed by atoms with Crippen molar-refractivity contribution in [2.75, 3.05) is 13.7 Å². The number of esters is 1. The molecule has 1 saturated heterocycles. The number of hydrogen-bond donors (Lipinski definition) is 3. The number of fused-ring (bicyclic) bond motifs is 1. The maximum Gasteiger partial charge on any atom is 0.408 e. The van der Waals surface area contributed by atoms with E-state index in [2.05, 4.69) is 5.32 Å². The molecule has 0 saturated carbocycles. The molecule has 1 aromatic carbocycles. The number of hydrogen-bond acceptors (Lipinski definition) is 11. The first-order valence-electron chi connectivity index (χ1n) is 12.1. The average molecular weight is 538 g/mol. The fraction of sp³-hybridized carbons (Fsp3) is 0.577. The highest BCUT2D eigenvalue weighted by atomic mass is 16.7. The number of amides is 1. The Bertz CT molecular complexity index is 1260. The zero-order chi connectivity index (χ0) is 28.6.